The molecule has 164 valence electrons. The number of carbonyl (C=O) groups is 3. The Morgan fingerprint density at radius 3 is 2.52 bits per heavy atom. The number of esters is 1. The Labute approximate surface area is 183 Å². The van der Waals surface area contributed by atoms with Gasteiger partial charge >= 0.3 is 5.97 Å². The van der Waals surface area contributed by atoms with Crippen molar-refractivity contribution < 1.29 is 19.1 Å². The summed E-state index contributed by atoms with van der Waals surface area (Å²) in [5, 5.41) is 2.86. The van der Waals surface area contributed by atoms with Crippen LogP contribution in [0.1, 0.15) is 54.1 Å². The van der Waals surface area contributed by atoms with Crippen LogP contribution in [-0.4, -0.2) is 30.9 Å². The lowest BCUT2D eigenvalue weighted by atomic mass is 10.1. The summed E-state index contributed by atoms with van der Waals surface area (Å²) in [5.41, 5.74) is 4.05. The zero-order valence-electron chi connectivity index (χ0n) is 18.4. The molecule has 2 aromatic carbocycles. The van der Waals surface area contributed by atoms with E-state index in [-0.39, 0.29) is 24.2 Å². The lowest BCUT2D eigenvalue weighted by Gasteiger charge is -2.19. The highest BCUT2D eigenvalue weighted by molar-refractivity contribution is 6.04. The van der Waals surface area contributed by atoms with E-state index in [2.05, 4.69) is 12.2 Å². The van der Waals surface area contributed by atoms with Crippen molar-refractivity contribution in [3.8, 4) is 0 Å². The summed E-state index contributed by atoms with van der Waals surface area (Å²) in [5.74, 6) is -1.03. The van der Waals surface area contributed by atoms with Crippen LogP contribution in [0.5, 0.6) is 0 Å². The summed E-state index contributed by atoms with van der Waals surface area (Å²) in [4.78, 5) is 39.0. The van der Waals surface area contributed by atoms with E-state index < -0.39 is 5.92 Å². The molecule has 31 heavy (non-hydrogen) atoms. The Hall–Kier alpha value is -3.15. The SMILES string of the molecule is CCCCCOC(=O)c1ccc(NC(=O)[C@@H]2CC(=O)N(c3ccc(C)cc3C)C2)cc1. The predicted octanol–water partition coefficient (Wildman–Crippen LogP) is 4.64. The summed E-state index contributed by atoms with van der Waals surface area (Å²) < 4.78 is 5.25. The number of rotatable bonds is 8. The first kappa shape index (κ1) is 22.5. The number of aryl methyl sites for hydroxylation is 2. The van der Waals surface area contributed by atoms with Crippen molar-refractivity contribution in [3.05, 3.63) is 59.2 Å². The average molecular weight is 423 g/mol. The average Bonchev–Trinajstić information content (AvgIpc) is 3.13. The van der Waals surface area contributed by atoms with E-state index in [0.717, 1.165) is 36.1 Å². The molecule has 1 N–H and O–H groups in total. The number of nitrogens with zero attached hydrogens (tertiary/aromatic N) is 1. The highest BCUT2D eigenvalue weighted by Crippen LogP contribution is 2.29. The molecule has 6 nitrogen and oxygen atoms in total. The molecular weight excluding hydrogens is 392 g/mol. The van der Waals surface area contributed by atoms with Crippen LogP contribution in [0, 0.1) is 19.8 Å². The van der Waals surface area contributed by atoms with Gasteiger partial charge in [-0.2, -0.15) is 0 Å². The molecule has 1 heterocycles. The van der Waals surface area contributed by atoms with Gasteiger partial charge in [-0.15, -0.1) is 0 Å². The van der Waals surface area contributed by atoms with E-state index in [1.165, 1.54) is 0 Å². The van der Waals surface area contributed by atoms with Crippen LogP contribution >= 0.6 is 0 Å². The summed E-state index contributed by atoms with van der Waals surface area (Å²) >= 11 is 0. The lowest BCUT2D eigenvalue weighted by molar-refractivity contribution is -0.122. The van der Waals surface area contributed by atoms with Gasteiger partial charge in [0.25, 0.3) is 0 Å². The van der Waals surface area contributed by atoms with E-state index in [9.17, 15) is 14.4 Å². The van der Waals surface area contributed by atoms with Gasteiger partial charge < -0.3 is 15.0 Å². The Bertz CT molecular complexity index is 952. The van der Waals surface area contributed by atoms with Crippen LogP contribution in [0.15, 0.2) is 42.5 Å². The van der Waals surface area contributed by atoms with Gasteiger partial charge in [0.1, 0.15) is 0 Å². The van der Waals surface area contributed by atoms with Crippen LogP contribution in [0.4, 0.5) is 11.4 Å². The molecule has 0 unspecified atom stereocenters. The number of benzene rings is 2. The molecule has 1 atom stereocenters. The van der Waals surface area contributed by atoms with E-state index in [4.69, 9.17) is 4.74 Å². The van der Waals surface area contributed by atoms with Gasteiger partial charge in [0.05, 0.1) is 18.1 Å². The number of carbonyl (C=O) groups excluding carboxylic acids is 3. The fraction of sp³-hybridized carbons (Fsp3) is 0.400. The quantitative estimate of drug-likeness (QED) is 0.497. The van der Waals surface area contributed by atoms with Crippen molar-refractivity contribution in [3.63, 3.8) is 0 Å². The lowest BCUT2D eigenvalue weighted by Crippen LogP contribution is -2.28. The van der Waals surface area contributed by atoms with Crippen molar-refractivity contribution >= 4 is 29.2 Å². The third-order valence-electron chi connectivity index (χ3n) is 5.51. The molecule has 0 radical (unpaired) electrons. The molecule has 1 saturated heterocycles. The molecule has 2 amide bonds. The van der Waals surface area contributed by atoms with Gasteiger partial charge in [-0.05, 0) is 56.2 Å². The third kappa shape index (κ3) is 5.72. The predicted molar refractivity (Wildman–Crippen MR) is 121 cm³/mol. The van der Waals surface area contributed by atoms with Crippen LogP contribution in [0.25, 0.3) is 0 Å². The summed E-state index contributed by atoms with van der Waals surface area (Å²) in [6.07, 6.45) is 3.14. The molecule has 0 aliphatic carbocycles. The second kappa shape index (κ2) is 10.2. The van der Waals surface area contributed by atoms with Crippen LogP contribution in [0.2, 0.25) is 0 Å². The van der Waals surface area contributed by atoms with Crippen molar-refractivity contribution in [2.45, 2.75) is 46.5 Å². The van der Waals surface area contributed by atoms with Gasteiger partial charge in [-0.25, -0.2) is 4.79 Å². The summed E-state index contributed by atoms with van der Waals surface area (Å²) in [6, 6.07) is 12.6. The number of hydrogen-bond acceptors (Lipinski definition) is 4. The summed E-state index contributed by atoms with van der Waals surface area (Å²) in [6.45, 7) is 6.85. The van der Waals surface area contributed by atoms with Crippen LogP contribution < -0.4 is 10.2 Å². The first-order valence-electron chi connectivity index (χ1n) is 10.8. The number of amides is 2. The second-order valence-corrected chi connectivity index (χ2v) is 8.10. The molecule has 0 spiro atoms. The van der Waals surface area contributed by atoms with Crippen LogP contribution in [0.3, 0.4) is 0 Å². The zero-order chi connectivity index (χ0) is 22.4. The Morgan fingerprint density at radius 1 is 1.10 bits per heavy atom. The van der Waals surface area contributed by atoms with E-state index in [0.29, 0.717) is 24.4 Å². The van der Waals surface area contributed by atoms with Gasteiger partial charge in [0, 0.05) is 24.3 Å². The number of anilines is 2. The van der Waals surface area contributed by atoms with Gasteiger partial charge in [-0.1, -0.05) is 37.5 Å². The molecule has 2 aromatic rings. The molecule has 6 heteroatoms. The standard InChI is InChI=1S/C25H30N2O4/c1-4-5-6-13-31-25(30)19-8-10-21(11-9-19)26-24(29)20-15-23(28)27(16-20)22-12-7-17(2)14-18(22)3/h7-12,14,20H,4-6,13,15-16H2,1-3H3,(H,26,29)/t20-/m1/s1. The first-order chi connectivity index (χ1) is 14.9. The summed E-state index contributed by atoms with van der Waals surface area (Å²) in [7, 11) is 0. The minimum atomic E-state index is -0.420. The Balaban J connectivity index is 1.56. The fourth-order valence-corrected chi connectivity index (χ4v) is 3.76. The number of hydrogen-bond donors (Lipinski definition) is 1. The molecule has 3 rings (SSSR count). The maximum Gasteiger partial charge on any atom is 0.338 e. The Morgan fingerprint density at radius 2 is 1.84 bits per heavy atom. The third-order valence-corrected chi connectivity index (χ3v) is 5.51. The maximum absolute atomic E-state index is 12.7. The molecule has 0 aromatic heterocycles. The molecule has 1 aliphatic rings. The van der Waals surface area contributed by atoms with Gasteiger partial charge in [0.2, 0.25) is 11.8 Å². The topological polar surface area (TPSA) is 75.7 Å². The molecule has 0 saturated carbocycles. The molecule has 1 aliphatic heterocycles. The zero-order valence-corrected chi connectivity index (χ0v) is 18.4. The number of nitrogens with one attached hydrogen (secondary N) is 1. The molecular formula is C25H30N2O4. The van der Waals surface area contributed by atoms with Crippen molar-refractivity contribution in [1.82, 2.24) is 0 Å². The monoisotopic (exact) mass is 422 g/mol. The first-order valence-corrected chi connectivity index (χ1v) is 10.8. The highest BCUT2D eigenvalue weighted by atomic mass is 16.5. The maximum atomic E-state index is 12.7. The van der Waals surface area contributed by atoms with Gasteiger partial charge in [0.15, 0.2) is 0 Å². The van der Waals surface area contributed by atoms with Crippen molar-refractivity contribution in [2.24, 2.45) is 5.92 Å². The highest BCUT2D eigenvalue weighted by Gasteiger charge is 2.35. The largest absolute Gasteiger partial charge is 0.462 e. The minimum Gasteiger partial charge on any atom is -0.462 e. The molecule has 0 bridgehead atoms. The van der Waals surface area contributed by atoms with E-state index >= 15 is 0 Å². The second-order valence-electron chi connectivity index (χ2n) is 8.10. The Kier molecular flexibility index (Phi) is 7.45. The van der Waals surface area contributed by atoms with E-state index in [1.807, 2.05) is 32.0 Å². The fourth-order valence-electron chi connectivity index (χ4n) is 3.76. The minimum absolute atomic E-state index is 0.0479. The smallest absolute Gasteiger partial charge is 0.338 e. The van der Waals surface area contributed by atoms with Crippen molar-refractivity contribution in [1.29, 1.82) is 0 Å². The number of ether oxygens (including phenoxy) is 1. The van der Waals surface area contributed by atoms with Gasteiger partial charge in [-0.3, -0.25) is 9.59 Å². The van der Waals surface area contributed by atoms with Crippen molar-refractivity contribution in [2.75, 3.05) is 23.4 Å². The number of unbranched alkanes of at least 4 members (excludes halogenated alkanes) is 2. The van der Waals surface area contributed by atoms with Crippen LogP contribution in [-0.2, 0) is 14.3 Å². The molecule has 1 fully saturated rings. The normalized spacial score (nSPS) is 15.8. The van der Waals surface area contributed by atoms with E-state index in [1.54, 1.807) is 29.2 Å².